The Morgan fingerprint density at radius 3 is 2.59 bits per heavy atom. The number of nitrogens with zero attached hydrogens (tertiary/aromatic N) is 3. The molecule has 0 aromatic carbocycles. The molecule has 0 aliphatic rings. The van der Waals surface area contributed by atoms with E-state index in [2.05, 4.69) is 25.9 Å². The van der Waals surface area contributed by atoms with E-state index in [1.807, 2.05) is 11.8 Å². The van der Waals surface area contributed by atoms with E-state index in [9.17, 15) is 4.79 Å². The van der Waals surface area contributed by atoms with Gasteiger partial charge in [-0.25, -0.2) is 9.97 Å². The zero-order chi connectivity index (χ0) is 12.7. The van der Waals surface area contributed by atoms with E-state index < -0.39 is 0 Å². The Balaban J connectivity index is 2.71. The third-order valence-electron chi connectivity index (χ3n) is 2.01. The molecule has 1 aromatic rings. The number of anilines is 1. The molecule has 1 aromatic heterocycles. The quantitative estimate of drug-likeness (QED) is 0.753. The number of rotatable bonds is 6. The van der Waals surface area contributed by atoms with Gasteiger partial charge in [-0.2, -0.15) is 0 Å². The lowest BCUT2D eigenvalue weighted by Gasteiger charge is -2.20. The molecule has 0 N–H and O–H groups in total. The molecule has 1 heterocycles. The molecule has 0 spiro atoms. The maximum Gasteiger partial charge on any atom is 0.325 e. The minimum absolute atomic E-state index is 0.184. The highest BCUT2D eigenvalue weighted by Crippen LogP contribution is 2.11. The molecule has 1 rings (SSSR count). The zero-order valence-electron chi connectivity index (χ0n) is 10.0. The van der Waals surface area contributed by atoms with Crippen LogP contribution in [0.1, 0.15) is 20.3 Å². The molecule has 17 heavy (non-hydrogen) atoms. The van der Waals surface area contributed by atoms with Gasteiger partial charge in [0.25, 0.3) is 0 Å². The summed E-state index contributed by atoms with van der Waals surface area (Å²) in [5.74, 6) is 0.288. The Kier molecular flexibility index (Phi) is 5.90. The van der Waals surface area contributed by atoms with Gasteiger partial charge >= 0.3 is 5.97 Å². The predicted octanol–water partition coefficient (Wildman–Crippen LogP) is 2.02. The first-order valence-electron chi connectivity index (χ1n) is 5.55. The Morgan fingerprint density at radius 1 is 1.41 bits per heavy atom. The number of aromatic nitrogens is 2. The standard InChI is InChI=1S/C11H16BrN3O2/c1-3-5-15(8-10(16)17-4-2)11-13-6-9(12)7-14-11/h6-7H,3-5,8H2,1-2H3. The number of hydrogen-bond donors (Lipinski definition) is 0. The fraction of sp³-hybridized carbons (Fsp3) is 0.545. The maximum atomic E-state index is 11.4. The normalized spacial score (nSPS) is 10.1. The molecule has 0 saturated heterocycles. The van der Waals surface area contributed by atoms with Crippen LogP contribution in [-0.4, -0.2) is 35.6 Å². The van der Waals surface area contributed by atoms with E-state index in [-0.39, 0.29) is 12.5 Å². The molecule has 0 bridgehead atoms. The first-order chi connectivity index (χ1) is 8.17. The molecule has 0 aliphatic heterocycles. The van der Waals surface area contributed by atoms with Crippen LogP contribution in [0.15, 0.2) is 16.9 Å². The number of carbonyl (C=O) groups excluding carboxylic acids is 1. The summed E-state index contributed by atoms with van der Waals surface area (Å²) < 4.78 is 5.73. The molecular weight excluding hydrogens is 286 g/mol. The van der Waals surface area contributed by atoms with E-state index in [0.717, 1.165) is 17.4 Å². The summed E-state index contributed by atoms with van der Waals surface area (Å²) >= 11 is 3.27. The van der Waals surface area contributed by atoms with Crippen molar-refractivity contribution >= 4 is 27.8 Å². The van der Waals surface area contributed by atoms with Gasteiger partial charge in [0.05, 0.1) is 11.1 Å². The van der Waals surface area contributed by atoms with Crippen LogP contribution in [0.25, 0.3) is 0 Å². The Bertz CT molecular complexity index is 356. The molecule has 0 unspecified atom stereocenters. The van der Waals surface area contributed by atoms with E-state index in [4.69, 9.17) is 4.74 Å². The lowest BCUT2D eigenvalue weighted by atomic mass is 10.4. The fourth-order valence-corrected chi connectivity index (χ4v) is 1.56. The monoisotopic (exact) mass is 301 g/mol. The SMILES string of the molecule is CCCN(CC(=O)OCC)c1ncc(Br)cn1. The minimum Gasteiger partial charge on any atom is -0.465 e. The third-order valence-corrected chi connectivity index (χ3v) is 2.42. The molecule has 0 amide bonds. The average molecular weight is 302 g/mol. The summed E-state index contributed by atoms with van der Waals surface area (Å²) in [7, 11) is 0. The van der Waals surface area contributed by atoms with Crippen LogP contribution in [0.5, 0.6) is 0 Å². The van der Waals surface area contributed by atoms with Gasteiger partial charge in [-0.3, -0.25) is 4.79 Å². The number of esters is 1. The highest BCUT2D eigenvalue weighted by molar-refractivity contribution is 9.10. The van der Waals surface area contributed by atoms with Crippen molar-refractivity contribution in [1.82, 2.24) is 9.97 Å². The van der Waals surface area contributed by atoms with Gasteiger partial charge in [-0.05, 0) is 29.3 Å². The summed E-state index contributed by atoms with van der Waals surface area (Å²) in [6.07, 6.45) is 4.24. The van der Waals surface area contributed by atoms with Crippen molar-refractivity contribution in [3.63, 3.8) is 0 Å². The van der Waals surface area contributed by atoms with Gasteiger partial charge in [0.15, 0.2) is 0 Å². The summed E-state index contributed by atoms with van der Waals surface area (Å²) in [6, 6.07) is 0. The maximum absolute atomic E-state index is 11.4. The fourth-order valence-electron chi connectivity index (χ4n) is 1.35. The van der Waals surface area contributed by atoms with Crippen LogP contribution in [0, 0.1) is 0 Å². The molecular formula is C11H16BrN3O2. The van der Waals surface area contributed by atoms with Gasteiger partial charge in [0.2, 0.25) is 5.95 Å². The smallest absolute Gasteiger partial charge is 0.325 e. The zero-order valence-corrected chi connectivity index (χ0v) is 11.6. The highest BCUT2D eigenvalue weighted by atomic mass is 79.9. The molecule has 0 atom stereocenters. The second kappa shape index (κ2) is 7.21. The number of carbonyl (C=O) groups is 1. The Hall–Kier alpha value is -1.17. The Labute approximate surface area is 109 Å². The van der Waals surface area contributed by atoms with Crippen LogP contribution in [0.4, 0.5) is 5.95 Å². The van der Waals surface area contributed by atoms with E-state index >= 15 is 0 Å². The van der Waals surface area contributed by atoms with Crippen molar-refractivity contribution in [2.24, 2.45) is 0 Å². The summed E-state index contributed by atoms with van der Waals surface area (Å²) in [6.45, 7) is 5.12. The predicted molar refractivity (Wildman–Crippen MR) is 68.9 cm³/mol. The van der Waals surface area contributed by atoms with Gasteiger partial charge in [0, 0.05) is 18.9 Å². The van der Waals surface area contributed by atoms with Crippen molar-refractivity contribution in [2.75, 3.05) is 24.6 Å². The van der Waals surface area contributed by atoms with Crippen molar-refractivity contribution in [2.45, 2.75) is 20.3 Å². The van der Waals surface area contributed by atoms with E-state index in [0.29, 0.717) is 12.6 Å². The van der Waals surface area contributed by atoms with Crippen LogP contribution in [0.3, 0.4) is 0 Å². The molecule has 6 heteroatoms. The summed E-state index contributed by atoms with van der Waals surface area (Å²) in [4.78, 5) is 21.6. The molecule has 94 valence electrons. The number of hydrogen-bond acceptors (Lipinski definition) is 5. The third kappa shape index (κ3) is 4.68. The van der Waals surface area contributed by atoms with Crippen molar-refractivity contribution in [3.05, 3.63) is 16.9 Å². The van der Waals surface area contributed by atoms with Gasteiger partial charge in [0.1, 0.15) is 6.54 Å². The van der Waals surface area contributed by atoms with E-state index in [1.165, 1.54) is 0 Å². The van der Waals surface area contributed by atoms with Gasteiger partial charge in [-0.1, -0.05) is 6.92 Å². The van der Waals surface area contributed by atoms with E-state index in [1.54, 1.807) is 19.3 Å². The molecule has 0 saturated carbocycles. The summed E-state index contributed by atoms with van der Waals surface area (Å²) in [5, 5.41) is 0. The van der Waals surface area contributed by atoms with Crippen LogP contribution in [0.2, 0.25) is 0 Å². The highest BCUT2D eigenvalue weighted by Gasteiger charge is 2.13. The number of halogens is 1. The Morgan fingerprint density at radius 2 is 2.06 bits per heavy atom. The van der Waals surface area contributed by atoms with Crippen LogP contribution in [-0.2, 0) is 9.53 Å². The second-order valence-electron chi connectivity index (χ2n) is 3.43. The van der Waals surface area contributed by atoms with Crippen LogP contribution >= 0.6 is 15.9 Å². The lowest BCUT2D eigenvalue weighted by Crippen LogP contribution is -2.33. The molecule has 0 fully saturated rings. The molecule has 0 radical (unpaired) electrons. The topological polar surface area (TPSA) is 55.3 Å². The first-order valence-corrected chi connectivity index (χ1v) is 6.34. The van der Waals surface area contributed by atoms with Gasteiger partial charge < -0.3 is 9.64 Å². The first kappa shape index (κ1) is 13.9. The number of ether oxygens (including phenoxy) is 1. The molecule has 0 aliphatic carbocycles. The van der Waals surface area contributed by atoms with Crippen molar-refractivity contribution in [3.8, 4) is 0 Å². The second-order valence-corrected chi connectivity index (χ2v) is 4.34. The average Bonchev–Trinajstić information content (AvgIpc) is 2.30. The largest absolute Gasteiger partial charge is 0.465 e. The van der Waals surface area contributed by atoms with Crippen molar-refractivity contribution in [1.29, 1.82) is 0 Å². The molecule has 5 nitrogen and oxygen atoms in total. The van der Waals surface area contributed by atoms with Gasteiger partial charge in [-0.15, -0.1) is 0 Å². The van der Waals surface area contributed by atoms with Crippen LogP contribution < -0.4 is 4.90 Å². The van der Waals surface area contributed by atoms with Crippen molar-refractivity contribution < 1.29 is 9.53 Å². The summed E-state index contributed by atoms with van der Waals surface area (Å²) in [5.41, 5.74) is 0. The minimum atomic E-state index is -0.257. The lowest BCUT2D eigenvalue weighted by molar-refractivity contribution is -0.141.